The minimum Gasteiger partial charge on any atom is -0.423 e. The molecule has 0 radical (unpaired) electrons. The molecule has 2 aromatic rings. The van der Waals surface area contributed by atoms with E-state index in [2.05, 4.69) is 5.16 Å². The van der Waals surface area contributed by atoms with Crippen molar-refractivity contribution in [3.63, 3.8) is 0 Å². The largest absolute Gasteiger partial charge is 0.492 e. The average molecular weight is 496 g/mol. The standard InChI is InChI=1S/C19H13BCl3F4NO3/c1-17(2)10-5-9(14(24)6-11(10)20(29)30-17)15-7-18(31-28-15,19(25,26)27)8-3-12(21)16(23)13(22)4-8/h3-6,29H,7H2,1-2H3. The van der Waals surface area contributed by atoms with Gasteiger partial charge in [-0.25, -0.2) is 4.39 Å². The highest BCUT2D eigenvalue weighted by Gasteiger charge is 2.62. The summed E-state index contributed by atoms with van der Waals surface area (Å²) < 4.78 is 62.8. The first-order valence-electron chi connectivity index (χ1n) is 8.94. The van der Waals surface area contributed by atoms with Crippen molar-refractivity contribution in [1.29, 1.82) is 0 Å². The number of benzene rings is 2. The Kier molecular flexibility index (Phi) is 5.30. The van der Waals surface area contributed by atoms with Gasteiger partial charge < -0.3 is 14.5 Å². The van der Waals surface area contributed by atoms with Crippen LogP contribution in [0.4, 0.5) is 17.6 Å². The Morgan fingerprint density at radius 3 is 2.29 bits per heavy atom. The summed E-state index contributed by atoms with van der Waals surface area (Å²) in [6.45, 7) is 3.29. The van der Waals surface area contributed by atoms with Crippen LogP contribution in [0.15, 0.2) is 29.4 Å². The summed E-state index contributed by atoms with van der Waals surface area (Å²) >= 11 is 17.7. The van der Waals surface area contributed by atoms with Crippen LogP contribution >= 0.6 is 34.8 Å². The van der Waals surface area contributed by atoms with Crippen LogP contribution in [0.25, 0.3) is 0 Å². The first-order valence-corrected chi connectivity index (χ1v) is 10.1. The topological polar surface area (TPSA) is 51.0 Å². The summed E-state index contributed by atoms with van der Waals surface area (Å²) in [6, 6.07) is 4.33. The number of hydrogen-bond donors (Lipinski definition) is 1. The van der Waals surface area contributed by atoms with Crippen LogP contribution < -0.4 is 5.46 Å². The minimum absolute atomic E-state index is 0.103. The highest BCUT2D eigenvalue weighted by Crippen LogP contribution is 2.51. The molecule has 2 aliphatic heterocycles. The van der Waals surface area contributed by atoms with Gasteiger partial charge >= 0.3 is 13.3 Å². The van der Waals surface area contributed by atoms with Gasteiger partial charge in [0.25, 0.3) is 5.60 Å². The zero-order valence-electron chi connectivity index (χ0n) is 16.0. The van der Waals surface area contributed by atoms with Gasteiger partial charge in [0.2, 0.25) is 0 Å². The fraction of sp³-hybridized carbons (Fsp3) is 0.316. The van der Waals surface area contributed by atoms with E-state index in [1.54, 1.807) is 13.8 Å². The smallest absolute Gasteiger partial charge is 0.423 e. The lowest BCUT2D eigenvalue weighted by atomic mass is 9.77. The third-order valence-corrected chi connectivity index (χ3v) is 6.60. The fourth-order valence-corrected chi connectivity index (χ4v) is 4.37. The molecule has 1 unspecified atom stereocenters. The predicted octanol–water partition coefficient (Wildman–Crippen LogP) is 5.32. The molecule has 0 aromatic heterocycles. The Hall–Kier alpha value is -1.52. The summed E-state index contributed by atoms with van der Waals surface area (Å²) in [7, 11) is -1.34. The Morgan fingerprint density at radius 1 is 1.10 bits per heavy atom. The molecular formula is C19H13BCl3F4NO3. The maximum atomic E-state index is 14.8. The summed E-state index contributed by atoms with van der Waals surface area (Å²) in [4.78, 5) is 4.91. The number of hydrogen-bond acceptors (Lipinski definition) is 4. The minimum atomic E-state index is -4.94. The van der Waals surface area contributed by atoms with E-state index >= 15 is 0 Å². The molecule has 0 saturated heterocycles. The van der Waals surface area contributed by atoms with Crippen molar-refractivity contribution < 1.29 is 32.1 Å². The van der Waals surface area contributed by atoms with E-state index in [0.717, 1.165) is 18.2 Å². The van der Waals surface area contributed by atoms with Crippen molar-refractivity contribution >= 4 is 53.1 Å². The van der Waals surface area contributed by atoms with Gasteiger partial charge in [-0.3, -0.25) is 0 Å². The molecule has 31 heavy (non-hydrogen) atoms. The fourth-order valence-electron chi connectivity index (χ4n) is 3.78. The molecule has 2 heterocycles. The lowest BCUT2D eigenvalue weighted by molar-refractivity contribution is -0.275. The van der Waals surface area contributed by atoms with E-state index in [0.29, 0.717) is 5.56 Å². The lowest BCUT2D eigenvalue weighted by Crippen LogP contribution is -2.42. The van der Waals surface area contributed by atoms with Gasteiger partial charge in [0.15, 0.2) is 0 Å². The van der Waals surface area contributed by atoms with E-state index < -0.39 is 42.3 Å². The van der Waals surface area contributed by atoms with Crippen molar-refractivity contribution in [2.24, 2.45) is 5.16 Å². The van der Waals surface area contributed by atoms with Crippen LogP contribution in [0.5, 0.6) is 0 Å². The van der Waals surface area contributed by atoms with Crippen molar-refractivity contribution in [1.82, 2.24) is 0 Å². The number of alkyl halides is 3. The first-order chi connectivity index (χ1) is 14.3. The molecule has 0 spiro atoms. The molecule has 0 bridgehead atoms. The third-order valence-electron chi connectivity index (χ3n) is 5.41. The Morgan fingerprint density at radius 2 is 1.71 bits per heavy atom. The summed E-state index contributed by atoms with van der Waals surface area (Å²) in [5, 5.41) is 13.1. The Bertz CT molecular complexity index is 1100. The molecule has 0 aliphatic carbocycles. The molecule has 1 N–H and O–H groups in total. The van der Waals surface area contributed by atoms with Crippen LogP contribution in [0.1, 0.15) is 37.0 Å². The van der Waals surface area contributed by atoms with Crippen molar-refractivity contribution in [2.45, 2.75) is 37.6 Å². The molecule has 1 atom stereocenters. The van der Waals surface area contributed by atoms with E-state index in [9.17, 15) is 22.6 Å². The zero-order valence-corrected chi connectivity index (χ0v) is 18.2. The van der Waals surface area contributed by atoms with Gasteiger partial charge in [0.1, 0.15) is 5.82 Å². The highest BCUT2D eigenvalue weighted by atomic mass is 35.5. The number of fused-ring (bicyclic) bond motifs is 1. The normalized spacial score (nSPS) is 22.4. The SMILES string of the molecule is CC1(C)OB(O)c2cc(F)c(C3=NOC(c4cc(Cl)c(Cl)c(Cl)c4)(C(F)(F)F)C3)cc21. The second-order valence-electron chi connectivity index (χ2n) is 7.78. The lowest BCUT2D eigenvalue weighted by Gasteiger charge is -2.30. The van der Waals surface area contributed by atoms with Crippen molar-refractivity contribution in [2.75, 3.05) is 0 Å². The molecule has 0 fully saturated rings. The third kappa shape index (κ3) is 3.51. The molecular weight excluding hydrogens is 483 g/mol. The molecule has 0 amide bonds. The Balaban J connectivity index is 1.80. The van der Waals surface area contributed by atoms with E-state index in [-0.39, 0.29) is 31.8 Å². The number of nitrogens with zero attached hydrogens (tertiary/aromatic N) is 1. The molecule has 0 saturated carbocycles. The van der Waals surface area contributed by atoms with Gasteiger partial charge in [-0.2, -0.15) is 13.2 Å². The van der Waals surface area contributed by atoms with Crippen LogP contribution in [0, 0.1) is 5.82 Å². The molecule has 2 aromatic carbocycles. The van der Waals surface area contributed by atoms with Crippen molar-refractivity contribution in [3.05, 3.63) is 61.8 Å². The van der Waals surface area contributed by atoms with E-state index in [1.807, 2.05) is 0 Å². The van der Waals surface area contributed by atoms with Crippen LogP contribution in [0.3, 0.4) is 0 Å². The van der Waals surface area contributed by atoms with Crippen LogP contribution in [0.2, 0.25) is 15.1 Å². The average Bonchev–Trinajstić information content (AvgIpc) is 3.19. The van der Waals surface area contributed by atoms with Gasteiger partial charge in [-0.05, 0) is 49.1 Å². The van der Waals surface area contributed by atoms with E-state index in [4.69, 9.17) is 44.3 Å². The Labute approximate surface area is 189 Å². The maximum Gasteiger partial charge on any atom is 0.492 e. The second-order valence-corrected chi connectivity index (χ2v) is 8.98. The summed E-state index contributed by atoms with van der Waals surface area (Å²) in [5.41, 5.74) is -4.16. The zero-order chi connectivity index (χ0) is 22.9. The van der Waals surface area contributed by atoms with Gasteiger partial charge in [0, 0.05) is 11.1 Å². The first kappa shape index (κ1) is 22.7. The molecule has 4 rings (SSSR count). The van der Waals surface area contributed by atoms with E-state index in [1.165, 1.54) is 6.07 Å². The number of halogens is 7. The van der Waals surface area contributed by atoms with Gasteiger partial charge in [-0.15, -0.1) is 0 Å². The molecule has 164 valence electrons. The maximum absolute atomic E-state index is 14.8. The molecule has 4 nitrogen and oxygen atoms in total. The van der Waals surface area contributed by atoms with Crippen LogP contribution in [-0.4, -0.2) is 24.0 Å². The molecule has 2 aliphatic rings. The second kappa shape index (κ2) is 7.25. The van der Waals surface area contributed by atoms with Crippen molar-refractivity contribution in [3.8, 4) is 0 Å². The number of rotatable bonds is 2. The summed E-state index contributed by atoms with van der Waals surface area (Å²) in [5.74, 6) is -0.869. The predicted molar refractivity (Wildman–Crippen MR) is 110 cm³/mol. The van der Waals surface area contributed by atoms with Crippen LogP contribution in [-0.2, 0) is 20.7 Å². The van der Waals surface area contributed by atoms with Gasteiger partial charge in [-0.1, -0.05) is 40.0 Å². The quantitative estimate of drug-likeness (QED) is 0.348. The number of oxime groups is 1. The summed E-state index contributed by atoms with van der Waals surface area (Å²) in [6.07, 6.45) is -5.77. The van der Waals surface area contributed by atoms with Gasteiger partial charge in [0.05, 0.1) is 32.8 Å². The highest BCUT2D eigenvalue weighted by molar-refractivity contribution is 6.62. The molecule has 12 heteroatoms. The monoisotopic (exact) mass is 495 g/mol.